The molecule has 0 amide bonds. The molecule has 142 valence electrons. The average Bonchev–Trinajstić information content (AvgIpc) is 2.98. The number of hydrogen-bond acceptors (Lipinski definition) is 4. The normalized spacial score (nSPS) is 24.1. The molecular formula is C23H26O4. The summed E-state index contributed by atoms with van der Waals surface area (Å²) in [4.78, 5) is 13.2. The number of hydrogen-bond donors (Lipinski definition) is 0. The van der Waals surface area contributed by atoms with Gasteiger partial charge in [-0.15, -0.1) is 0 Å². The van der Waals surface area contributed by atoms with Crippen molar-refractivity contribution in [1.82, 2.24) is 0 Å². The second-order valence-electron chi connectivity index (χ2n) is 7.68. The fourth-order valence-electron chi connectivity index (χ4n) is 4.41. The minimum absolute atomic E-state index is 0.216. The zero-order valence-corrected chi connectivity index (χ0v) is 16.0. The Morgan fingerprint density at radius 1 is 1.00 bits per heavy atom. The lowest BCUT2D eigenvalue weighted by atomic mass is 9.70. The Kier molecular flexibility index (Phi) is 4.92. The van der Waals surface area contributed by atoms with Crippen LogP contribution in [0.4, 0.5) is 0 Å². The van der Waals surface area contributed by atoms with Gasteiger partial charge in [0.25, 0.3) is 0 Å². The Labute approximate surface area is 160 Å². The molecule has 27 heavy (non-hydrogen) atoms. The maximum atomic E-state index is 13.2. The van der Waals surface area contributed by atoms with E-state index in [0.717, 1.165) is 60.3 Å². The third kappa shape index (κ3) is 3.46. The molecule has 2 aliphatic carbocycles. The minimum atomic E-state index is -0.216. The van der Waals surface area contributed by atoms with E-state index in [4.69, 9.17) is 14.2 Å². The van der Waals surface area contributed by atoms with Crippen LogP contribution in [0.1, 0.15) is 47.2 Å². The Balaban J connectivity index is 1.45. The second kappa shape index (κ2) is 7.35. The van der Waals surface area contributed by atoms with Gasteiger partial charge < -0.3 is 14.2 Å². The lowest BCUT2D eigenvalue weighted by Gasteiger charge is -2.35. The van der Waals surface area contributed by atoms with Crippen LogP contribution in [0.5, 0.6) is 11.5 Å². The van der Waals surface area contributed by atoms with E-state index >= 15 is 0 Å². The van der Waals surface area contributed by atoms with Crippen LogP contribution >= 0.6 is 0 Å². The van der Waals surface area contributed by atoms with E-state index in [1.54, 1.807) is 14.2 Å². The third-order valence-electron chi connectivity index (χ3n) is 6.12. The summed E-state index contributed by atoms with van der Waals surface area (Å²) < 4.78 is 16.6. The number of ketones is 1. The van der Waals surface area contributed by atoms with Crippen LogP contribution < -0.4 is 9.47 Å². The van der Waals surface area contributed by atoms with Crippen LogP contribution in [-0.2, 0) is 17.8 Å². The SMILES string of the molecule is COc1ccc(COc2ccc3c(c2)C(=O)[C@]2(CC[C@H](OC)CC2)C3)cc1. The third-order valence-corrected chi connectivity index (χ3v) is 6.12. The van der Waals surface area contributed by atoms with Crippen molar-refractivity contribution in [2.24, 2.45) is 5.41 Å². The highest BCUT2D eigenvalue weighted by molar-refractivity contribution is 6.05. The largest absolute Gasteiger partial charge is 0.497 e. The molecule has 4 nitrogen and oxygen atoms in total. The topological polar surface area (TPSA) is 44.8 Å². The molecule has 2 aromatic rings. The maximum Gasteiger partial charge on any atom is 0.169 e. The van der Waals surface area contributed by atoms with Gasteiger partial charge in [0.05, 0.1) is 13.2 Å². The van der Waals surface area contributed by atoms with E-state index < -0.39 is 0 Å². The molecule has 1 fully saturated rings. The molecule has 1 saturated carbocycles. The minimum Gasteiger partial charge on any atom is -0.497 e. The highest BCUT2D eigenvalue weighted by Crippen LogP contribution is 2.48. The lowest BCUT2D eigenvalue weighted by molar-refractivity contribution is 0.0285. The summed E-state index contributed by atoms with van der Waals surface area (Å²) in [5, 5.41) is 0. The van der Waals surface area contributed by atoms with Crippen molar-refractivity contribution in [1.29, 1.82) is 0 Å². The predicted molar refractivity (Wildman–Crippen MR) is 104 cm³/mol. The molecule has 0 saturated heterocycles. The Morgan fingerprint density at radius 2 is 1.70 bits per heavy atom. The van der Waals surface area contributed by atoms with Crippen molar-refractivity contribution in [2.45, 2.75) is 44.8 Å². The zero-order valence-electron chi connectivity index (χ0n) is 16.0. The van der Waals surface area contributed by atoms with E-state index in [2.05, 4.69) is 6.07 Å². The number of Topliss-reactive ketones (excluding diaryl/α,β-unsaturated/α-hetero) is 1. The standard InChI is InChI=1S/C23H26O4/c1-25-18-6-3-16(4-7-18)15-27-20-8-5-17-14-23(22(24)21(17)13-20)11-9-19(26-2)10-12-23/h3-8,13,19H,9-12,14-15H2,1-2H3/t19-,23-. The van der Waals surface area contributed by atoms with Crippen LogP contribution in [0.15, 0.2) is 42.5 Å². The van der Waals surface area contributed by atoms with Gasteiger partial charge in [-0.3, -0.25) is 4.79 Å². The van der Waals surface area contributed by atoms with Crippen LogP contribution in [0, 0.1) is 5.41 Å². The number of benzene rings is 2. The highest BCUT2D eigenvalue weighted by Gasteiger charge is 2.47. The van der Waals surface area contributed by atoms with Gasteiger partial charge in [0, 0.05) is 18.1 Å². The quantitative estimate of drug-likeness (QED) is 0.776. The van der Waals surface area contributed by atoms with Crippen molar-refractivity contribution in [3.8, 4) is 11.5 Å². The van der Waals surface area contributed by atoms with Gasteiger partial charge in [0.1, 0.15) is 18.1 Å². The van der Waals surface area contributed by atoms with Gasteiger partial charge >= 0.3 is 0 Å². The Morgan fingerprint density at radius 3 is 2.37 bits per heavy atom. The van der Waals surface area contributed by atoms with Crippen molar-refractivity contribution in [3.05, 3.63) is 59.2 Å². The number of carbonyl (C=O) groups excluding carboxylic acids is 1. The van der Waals surface area contributed by atoms with E-state index in [1.165, 1.54) is 0 Å². The fourth-order valence-corrected chi connectivity index (χ4v) is 4.41. The summed E-state index contributed by atoms with van der Waals surface area (Å²) in [6, 6.07) is 13.8. The van der Waals surface area contributed by atoms with Crippen molar-refractivity contribution < 1.29 is 19.0 Å². The van der Waals surface area contributed by atoms with Crippen LogP contribution in [0.2, 0.25) is 0 Å². The fraction of sp³-hybridized carbons (Fsp3) is 0.435. The first-order valence-electron chi connectivity index (χ1n) is 9.60. The van der Waals surface area contributed by atoms with Gasteiger partial charge in [-0.25, -0.2) is 0 Å². The first-order valence-corrected chi connectivity index (χ1v) is 9.60. The summed E-state index contributed by atoms with van der Waals surface area (Å²) in [6.07, 6.45) is 4.93. The van der Waals surface area contributed by atoms with Crippen molar-refractivity contribution >= 4 is 5.78 Å². The number of fused-ring (bicyclic) bond motifs is 1. The molecule has 2 aromatic carbocycles. The summed E-state index contributed by atoms with van der Waals surface area (Å²) in [5.74, 6) is 1.87. The van der Waals surface area contributed by atoms with E-state index in [1.807, 2.05) is 36.4 Å². The van der Waals surface area contributed by atoms with E-state index in [0.29, 0.717) is 18.5 Å². The van der Waals surface area contributed by atoms with Gasteiger partial charge in [-0.05, 0) is 67.5 Å². The van der Waals surface area contributed by atoms with Gasteiger partial charge in [-0.2, -0.15) is 0 Å². The first-order chi connectivity index (χ1) is 13.1. The summed E-state index contributed by atoms with van der Waals surface area (Å²) in [5.41, 5.74) is 2.86. The van der Waals surface area contributed by atoms with Crippen LogP contribution in [-0.4, -0.2) is 26.1 Å². The molecule has 4 rings (SSSR count). The lowest BCUT2D eigenvalue weighted by Crippen LogP contribution is -2.35. The van der Waals surface area contributed by atoms with E-state index in [-0.39, 0.29) is 5.41 Å². The first kappa shape index (κ1) is 18.1. The Bertz CT molecular complexity index is 817. The molecule has 0 atom stereocenters. The van der Waals surface area contributed by atoms with Crippen molar-refractivity contribution in [2.75, 3.05) is 14.2 Å². The van der Waals surface area contributed by atoms with Gasteiger partial charge in [0.2, 0.25) is 0 Å². The molecule has 0 bridgehead atoms. The molecular weight excluding hydrogens is 340 g/mol. The maximum absolute atomic E-state index is 13.2. The average molecular weight is 366 g/mol. The number of rotatable bonds is 5. The summed E-state index contributed by atoms with van der Waals surface area (Å²) in [6.45, 7) is 0.470. The molecule has 0 N–H and O–H groups in total. The molecule has 0 aromatic heterocycles. The predicted octanol–water partition coefficient (Wildman–Crippen LogP) is 4.59. The highest BCUT2D eigenvalue weighted by atomic mass is 16.5. The number of ether oxygens (including phenoxy) is 3. The zero-order chi connectivity index (χ0) is 18.9. The molecule has 1 spiro atoms. The second-order valence-corrected chi connectivity index (χ2v) is 7.68. The van der Waals surface area contributed by atoms with Gasteiger partial charge in [0.15, 0.2) is 5.78 Å². The molecule has 2 aliphatic rings. The molecule has 0 aliphatic heterocycles. The Hall–Kier alpha value is -2.33. The number of carbonyl (C=O) groups is 1. The molecule has 0 radical (unpaired) electrons. The van der Waals surface area contributed by atoms with Crippen LogP contribution in [0.3, 0.4) is 0 Å². The number of methoxy groups -OCH3 is 2. The van der Waals surface area contributed by atoms with Crippen molar-refractivity contribution in [3.63, 3.8) is 0 Å². The summed E-state index contributed by atoms with van der Waals surface area (Å²) in [7, 11) is 3.42. The van der Waals surface area contributed by atoms with Gasteiger partial charge in [-0.1, -0.05) is 18.2 Å². The molecule has 4 heteroatoms. The van der Waals surface area contributed by atoms with E-state index in [9.17, 15) is 4.79 Å². The molecule has 0 unspecified atom stereocenters. The molecule has 0 heterocycles. The van der Waals surface area contributed by atoms with Crippen LogP contribution in [0.25, 0.3) is 0 Å². The smallest absolute Gasteiger partial charge is 0.169 e. The summed E-state index contributed by atoms with van der Waals surface area (Å²) >= 11 is 0. The monoisotopic (exact) mass is 366 g/mol.